The first kappa shape index (κ1) is 18.3. The molecule has 0 radical (unpaired) electrons. The van der Waals surface area contributed by atoms with Gasteiger partial charge in [0.2, 0.25) is 0 Å². The van der Waals surface area contributed by atoms with Crippen LogP contribution < -0.4 is 4.90 Å². The summed E-state index contributed by atoms with van der Waals surface area (Å²) >= 11 is 0. The third-order valence-corrected chi connectivity index (χ3v) is 3.91. The number of esters is 1. The molecule has 1 aromatic rings. The topological polar surface area (TPSA) is 55.8 Å². The number of hydrogen-bond donors (Lipinski definition) is 0. The summed E-state index contributed by atoms with van der Waals surface area (Å²) in [5.41, 5.74) is 1.48. The molecule has 1 heterocycles. The Bertz CT molecular complexity index is 591. The maximum atomic E-state index is 12.6. The Morgan fingerprint density at radius 2 is 1.96 bits per heavy atom. The molecule has 5 heteroatoms. The Kier molecular flexibility index (Phi) is 5.86. The highest BCUT2D eigenvalue weighted by molar-refractivity contribution is 5.89. The molecule has 1 atom stereocenters. The van der Waals surface area contributed by atoms with E-state index < -0.39 is 5.60 Å². The molecule has 1 amide bonds. The molecule has 0 saturated carbocycles. The number of rotatable bonds is 4. The molecule has 0 aromatic heterocycles. The summed E-state index contributed by atoms with van der Waals surface area (Å²) in [5, 5.41) is 0. The van der Waals surface area contributed by atoms with Crippen molar-refractivity contribution >= 4 is 17.7 Å². The maximum absolute atomic E-state index is 12.6. The van der Waals surface area contributed by atoms with Crippen molar-refractivity contribution in [3.8, 4) is 0 Å². The zero-order valence-corrected chi connectivity index (χ0v) is 15.0. The molecule has 0 N–H and O–H groups in total. The van der Waals surface area contributed by atoms with E-state index in [0.717, 1.165) is 17.7 Å². The normalized spacial score (nSPS) is 17.2. The molecule has 0 bridgehead atoms. The molecule has 132 valence electrons. The van der Waals surface area contributed by atoms with E-state index in [-0.39, 0.29) is 18.0 Å². The largest absolute Gasteiger partial charge is 0.466 e. The molecule has 0 aliphatic carbocycles. The standard InChI is InChI=1S/C19H27NO4/c1-5-23-17(21)11-10-14-12-15-8-6-7-9-16(15)20(13-14)18(22)24-19(2,3)4/h6-9,14H,5,10-13H2,1-4H3. The summed E-state index contributed by atoms with van der Waals surface area (Å²) in [6.45, 7) is 8.34. The second-order valence-electron chi connectivity index (χ2n) is 7.13. The number of amides is 1. The van der Waals surface area contributed by atoms with Gasteiger partial charge in [-0.1, -0.05) is 18.2 Å². The number of benzene rings is 1. The number of anilines is 1. The van der Waals surface area contributed by atoms with Gasteiger partial charge in [0.1, 0.15) is 5.60 Å². The van der Waals surface area contributed by atoms with Crippen molar-refractivity contribution < 1.29 is 19.1 Å². The van der Waals surface area contributed by atoms with Gasteiger partial charge in [-0.25, -0.2) is 4.79 Å². The minimum Gasteiger partial charge on any atom is -0.466 e. The molecule has 24 heavy (non-hydrogen) atoms. The predicted molar refractivity (Wildman–Crippen MR) is 93.1 cm³/mol. The molecule has 1 unspecified atom stereocenters. The SMILES string of the molecule is CCOC(=O)CCC1Cc2ccccc2N(C(=O)OC(C)(C)C)C1. The molecular weight excluding hydrogens is 306 g/mol. The van der Waals surface area contributed by atoms with Gasteiger partial charge in [0.25, 0.3) is 0 Å². The molecule has 1 aromatic carbocycles. The predicted octanol–water partition coefficient (Wildman–Crippen LogP) is 3.94. The molecule has 1 aliphatic rings. The van der Waals surface area contributed by atoms with Crippen LogP contribution in [0.2, 0.25) is 0 Å². The van der Waals surface area contributed by atoms with Crippen molar-refractivity contribution in [2.45, 2.75) is 52.6 Å². The lowest BCUT2D eigenvalue weighted by Crippen LogP contribution is -2.43. The van der Waals surface area contributed by atoms with Crippen LogP contribution in [0.5, 0.6) is 0 Å². The van der Waals surface area contributed by atoms with Gasteiger partial charge in [0.05, 0.1) is 12.3 Å². The lowest BCUT2D eigenvalue weighted by atomic mass is 9.89. The van der Waals surface area contributed by atoms with Gasteiger partial charge in [0, 0.05) is 13.0 Å². The van der Waals surface area contributed by atoms with Crippen LogP contribution in [-0.4, -0.2) is 30.8 Å². The van der Waals surface area contributed by atoms with E-state index in [1.54, 1.807) is 11.8 Å². The maximum Gasteiger partial charge on any atom is 0.414 e. The lowest BCUT2D eigenvalue weighted by Gasteiger charge is -2.35. The van der Waals surface area contributed by atoms with Gasteiger partial charge >= 0.3 is 12.1 Å². The highest BCUT2D eigenvalue weighted by atomic mass is 16.6. The van der Waals surface area contributed by atoms with Crippen LogP contribution in [0.3, 0.4) is 0 Å². The van der Waals surface area contributed by atoms with Crippen LogP contribution in [0, 0.1) is 5.92 Å². The van der Waals surface area contributed by atoms with Crippen LogP contribution in [0.15, 0.2) is 24.3 Å². The monoisotopic (exact) mass is 333 g/mol. The Morgan fingerprint density at radius 3 is 2.62 bits per heavy atom. The van der Waals surface area contributed by atoms with Crippen LogP contribution >= 0.6 is 0 Å². The van der Waals surface area contributed by atoms with Crippen LogP contribution in [0.25, 0.3) is 0 Å². The van der Waals surface area contributed by atoms with Gasteiger partial charge in [-0.3, -0.25) is 9.69 Å². The van der Waals surface area contributed by atoms with E-state index in [2.05, 4.69) is 0 Å². The molecule has 5 nitrogen and oxygen atoms in total. The number of fused-ring (bicyclic) bond motifs is 1. The van der Waals surface area contributed by atoms with E-state index in [0.29, 0.717) is 26.0 Å². The molecule has 1 aliphatic heterocycles. The highest BCUT2D eigenvalue weighted by Crippen LogP contribution is 2.32. The zero-order chi connectivity index (χ0) is 17.7. The van der Waals surface area contributed by atoms with Gasteiger partial charge in [-0.05, 0) is 58.1 Å². The van der Waals surface area contributed by atoms with Gasteiger partial charge in [0.15, 0.2) is 0 Å². The van der Waals surface area contributed by atoms with E-state index in [9.17, 15) is 9.59 Å². The number of para-hydroxylation sites is 1. The number of nitrogens with zero attached hydrogens (tertiary/aromatic N) is 1. The number of ether oxygens (including phenoxy) is 2. The van der Waals surface area contributed by atoms with Crippen LogP contribution in [-0.2, 0) is 20.7 Å². The highest BCUT2D eigenvalue weighted by Gasteiger charge is 2.31. The summed E-state index contributed by atoms with van der Waals surface area (Å²) in [6, 6.07) is 7.87. The summed E-state index contributed by atoms with van der Waals surface area (Å²) in [4.78, 5) is 25.9. The summed E-state index contributed by atoms with van der Waals surface area (Å²) in [7, 11) is 0. The molecule has 2 rings (SSSR count). The first-order chi connectivity index (χ1) is 11.3. The van der Waals surface area contributed by atoms with Crippen molar-refractivity contribution in [1.82, 2.24) is 0 Å². The first-order valence-electron chi connectivity index (χ1n) is 8.54. The van der Waals surface area contributed by atoms with Gasteiger partial charge < -0.3 is 9.47 Å². The summed E-state index contributed by atoms with van der Waals surface area (Å²) in [6.07, 6.45) is 1.60. The minimum atomic E-state index is -0.538. The zero-order valence-electron chi connectivity index (χ0n) is 15.0. The van der Waals surface area contributed by atoms with Crippen molar-refractivity contribution in [2.75, 3.05) is 18.1 Å². The fourth-order valence-electron chi connectivity index (χ4n) is 2.92. The third kappa shape index (κ3) is 4.98. The second kappa shape index (κ2) is 7.69. The number of carbonyl (C=O) groups is 2. The van der Waals surface area contributed by atoms with E-state index >= 15 is 0 Å². The Labute approximate surface area is 143 Å². The number of carbonyl (C=O) groups excluding carboxylic acids is 2. The average Bonchev–Trinajstić information content (AvgIpc) is 2.50. The smallest absolute Gasteiger partial charge is 0.414 e. The minimum absolute atomic E-state index is 0.180. The Morgan fingerprint density at radius 1 is 1.25 bits per heavy atom. The molecule has 0 saturated heterocycles. The molecular formula is C19H27NO4. The Balaban J connectivity index is 2.11. The fraction of sp³-hybridized carbons (Fsp3) is 0.579. The van der Waals surface area contributed by atoms with E-state index in [1.807, 2.05) is 45.0 Å². The van der Waals surface area contributed by atoms with Crippen molar-refractivity contribution in [2.24, 2.45) is 5.92 Å². The van der Waals surface area contributed by atoms with Crippen LogP contribution in [0.1, 0.15) is 46.1 Å². The van der Waals surface area contributed by atoms with Crippen molar-refractivity contribution in [3.63, 3.8) is 0 Å². The van der Waals surface area contributed by atoms with Gasteiger partial charge in [-0.15, -0.1) is 0 Å². The van der Waals surface area contributed by atoms with Crippen molar-refractivity contribution in [1.29, 1.82) is 0 Å². The summed E-state index contributed by atoms with van der Waals surface area (Å²) in [5.74, 6) is 0.0389. The average molecular weight is 333 g/mol. The van der Waals surface area contributed by atoms with E-state index in [1.165, 1.54) is 0 Å². The fourth-order valence-corrected chi connectivity index (χ4v) is 2.92. The third-order valence-electron chi connectivity index (χ3n) is 3.91. The van der Waals surface area contributed by atoms with Crippen LogP contribution in [0.4, 0.5) is 10.5 Å². The van der Waals surface area contributed by atoms with Crippen molar-refractivity contribution in [3.05, 3.63) is 29.8 Å². The second-order valence-corrected chi connectivity index (χ2v) is 7.13. The van der Waals surface area contributed by atoms with E-state index in [4.69, 9.17) is 9.47 Å². The Hall–Kier alpha value is -2.04. The molecule has 0 spiro atoms. The van der Waals surface area contributed by atoms with Gasteiger partial charge in [-0.2, -0.15) is 0 Å². The quantitative estimate of drug-likeness (QED) is 0.783. The lowest BCUT2D eigenvalue weighted by molar-refractivity contribution is -0.143. The first-order valence-corrected chi connectivity index (χ1v) is 8.54. The molecule has 0 fully saturated rings. The number of hydrogen-bond acceptors (Lipinski definition) is 4. The summed E-state index contributed by atoms with van der Waals surface area (Å²) < 4.78 is 10.5.